The number of carbonyl (C=O) groups excluding carboxylic acids is 1. The number of aromatic nitrogens is 2. The summed E-state index contributed by atoms with van der Waals surface area (Å²) in [5.74, 6) is 0.120. The summed E-state index contributed by atoms with van der Waals surface area (Å²) in [5, 5.41) is 2.82. The van der Waals surface area contributed by atoms with Gasteiger partial charge < -0.3 is 11.1 Å². The topological polar surface area (TPSA) is 80.9 Å². The molecular formula is C14H16N4O. The lowest BCUT2D eigenvalue weighted by atomic mass is 10.2. The fourth-order valence-corrected chi connectivity index (χ4v) is 1.84. The molecule has 2 aromatic rings. The van der Waals surface area contributed by atoms with Crippen molar-refractivity contribution in [3.63, 3.8) is 0 Å². The Morgan fingerprint density at radius 2 is 1.84 bits per heavy atom. The average molecular weight is 256 g/mol. The van der Waals surface area contributed by atoms with Crippen LogP contribution in [0.5, 0.6) is 0 Å². The zero-order valence-electron chi connectivity index (χ0n) is 11.2. The van der Waals surface area contributed by atoms with Gasteiger partial charge in [0.25, 0.3) is 5.91 Å². The molecule has 0 bridgehead atoms. The Bertz CT molecular complexity index is 617. The fourth-order valence-electron chi connectivity index (χ4n) is 1.84. The third-order valence-electron chi connectivity index (χ3n) is 2.71. The Morgan fingerprint density at radius 3 is 2.47 bits per heavy atom. The Balaban J connectivity index is 2.25. The number of nitrogen functional groups attached to an aromatic ring is 1. The van der Waals surface area contributed by atoms with Crippen molar-refractivity contribution in [1.29, 1.82) is 0 Å². The molecule has 0 unspecified atom stereocenters. The summed E-state index contributed by atoms with van der Waals surface area (Å²) in [7, 11) is 0. The summed E-state index contributed by atoms with van der Waals surface area (Å²) in [6.45, 7) is 5.56. The molecule has 3 N–H and O–H groups in total. The number of aryl methyl sites for hydroxylation is 3. The summed E-state index contributed by atoms with van der Waals surface area (Å²) in [6.07, 6.45) is 0. The highest BCUT2D eigenvalue weighted by Gasteiger charge is 2.10. The van der Waals surface area contributed by atoms with Gasteiger partial charge in [-0.25, -0.2) is 4.98 Å². The minimum absolute atomic E-state index is 0.217. The van der Waals surface area contributed by atoms with E-state index in [-0.39, 0.29) is 5.91 Å². The van der Waals surface area contributed by atoms with Gasteiger partial charge >= 0.3 is 0 Å². The van der Waals surface area contributed by atoms with Gasteiger partial charge in [-0.15, -0.1) is 0 Å². The molecule has 0 saturated carbocycles. The van der Waals surface area contributed by atoms with Crippen LogP contribution >= 0.6 is 0 Å². The zero-order valence-corrected chi connectivity index (χ0v) is 11.2. The molecule has 5 heteroatoms. The van der Waals surface area contributed by atoms with Gasteiger partial charge in [0.05, 0.1) is 11.4 Å². The van der Waals surface area contributed by atoms with Gasteiger partial charge in [-0.05, 0) is 45.0 Å². The summed E-state index contributed by atoms with van der Waals surface area (Å²) in [6, 6.07) is 6.95. The summed E-state index contributed by atoms with van der Waals surface area (Å²) in [5.41, 5.74) is 9.24. The van der Waals surface area contributed by atoms with Crippen LogP contribution < -0.4 is 11.1 Å². The van der Waals surface area contributed by atoms with E-state index in [1.165, 1.54) is 0 Å². The molecule has 98 valence electrons. The number of nitrogens with zero attached hydrogens (tertiary/aromatic N) is 2. The van der Waals surface area contributed by atoms with Crippen molar-refractivity contribution in [2.75, 3.05) is 11.1 Å². The van der Waals surface area contributed by atoms with Gasteiger partial charge in [-0.1, -0.05) is 0 Å². The van der Waals surface area contributed by atoms with Crippen molar-refractivity contribution < 1.29 is 4.79 Å². The second kappa shape index (κ2) is 5.06. The van der Waals surface area contributed by atoms with Gasteiger partial charge in [0, 0.05) is 17.0 Å². The first-order valence-electron chi connectivity index (χ1n) is 5.95. The number of carbonyl (C=O) groups is 1. The minimum Gasteiger partial charge on any atom is -0.384 e. The molecule has 0 spiro atoms. The predicted molar refractivity (Wildman–Crippen MR) is 75.1 cm³/mol. The smallest absolute Gasteiger partial charge is 0.255 e. The highest BCUT2D eigenvalue weighted by atomic mass is 16.1. The first kappa shape index (κ1) is 13.0. The molecule has 19 heavy (non-hydrogen) atoms. The monoisotopic (exact) mass is 256 g/mol. The van der Waals surface area contributed by atoms with Gasteiger partial charge in [0.1, 0.15) is 5.82 Å². The van der Waals surface area contributed by atoms with Crippen LogP contribution in [-0.4, -0.2) is 15.9 Å². The van der Waals surface area contributed by atoms with Crippen LogP contribution in [0.1, 0.15) is 27.4 Å². The van der Waals surface area contributed by atoms with E-state index in [1.54, 1.807) is 19.1 Å². The quantitative estimate of drug-likeness (QED) is 0.863. The van der Waals surface area contributed by atoms with Crippen molar-refractivity contribution >= 4 is 17.4 Å². The first-order chi connectivity index (χ1) is 8.95. The van der Waals surface area contributed by atoms with Crippen LogP contribution in [0.2, 0.25) is 0 Å². The lowest BCUT2D eigenvalue weighted by Gasteiger charge is -2.09. The van der Waals surface area contributed by atoms with E-state index >= 15 is 0 Å². The van der Waals surface area contributed by atoms with Gasteiger partial charge in [-0.2, -0.15) is 0 Å². The van der Waals surface area contributed by atoms with Crippen molar-refractivity contribution in [3.8, 4) is 0 Å². The maximum atomic E-state index is 12.1. The molecule has 2 rings (SSSR count). The maximum absolute atomic E-state index is 12.1. The van der Waals surface area contributed by atoms with E-state index in [9.17, 15) is 4.79 Å². The molecule has 0 aromatic carbocycles. The van der Waals surface area contributed by atoms with E-state index < -0.39 is 0 Å². The van der Waals surface area contributed by atoms with Crippen LogP contribution in [0.4, 0.5) is 11.5 Å². The molecule has 0 radical (unpaired) electrons. The number of rotatable bonds is 2. The van der Waals surface area contributed by atoms with Crippen molar-refractivity contribution in [1.82, 2.24) is 9.97 Å². The van der Waals surface area contributed by atoms with E-state index in [4.69, 9.17) is 5.73 Å². The highest BCUT2D eigenvalue weighted by Crippen LogP contribution is 2.15. The lowest BCUT2D eigenvalue weighted by molar-refractivity contribution is 0.102. The molecular weight excluding hydrogens is 240 g/mol. The number of hydrogen-bond donors (Lipinski definition) is 2. The van der Waals surface area contributed by atoms with Crippen LogP contribution in [0.25, 0.3) is 0 Å². The number of nitrogens with two attached hydrogens (primary N) is 1. The maximum Gasteiger partial charge on any atom is 0.255 e. The standard InChI is InChI=1S/C14H16N4O/c1-8-4-5-12(10(3)16-8)18-14(19)11-6-9(2)17-13(15)7-11/h4-7H,1-3H3,(H2,15,17)(H,18,19). The Labute approximate surface area is 111 Å². The summed E-state index contributed by atoms with van der Waals surface area (Å²) >= 11 is 0. The average Bonchev–Trinajstić information content (AvgIpc) is 2.31. The molecule has 1 amide bonds. The van der Waals surface area contributed by atoms with Crippen LogP contribution in [0.3, 0.4) is 0 Å². The van der Waals surface area contributed by atoms with Crippen molar-refractivity contribution in [2.24, 2.45) is 0 Å². The molecule has 0 saturated heterocycles. The molecule has 0 atom stereocenters. The van der Waals surface area contributed by atoms with Gasteiger partial charge in [0.15, 0.2) is 0 Å². The number of anilines is 2. The van der Waals surface area contributed by atoms with Crippen LogP contribution in [-0.2, 0) is 0 Å². The molecule has 2 aromatic heterocycles. The number of pyridine rings is 2. The minimum atomic E-state index is -0.217. The second-order valence-electron chi connectivity index (χ2n) is 4.46. The van der Waals surface area contributed by atoms with Crippen LogP contribution in [0.15, 0.2) is 24.3 Å². The van der Waals surface area contributed by atoms with E-state index in [0.717, 1.165) is 11.4 Å². The summed E-state index contributed by atoms with van der Waals surface area (Å²) in [4.78, 5) is 20.5. The predicted octanol–water partition coefficient (Wildman–Crippen LogP) is 2.24. The summed E-state index contributed by atoms with van der Waals surface area (Å²) < 4.78 is 0. The third kappa shape index (κ3) is 3.07. The van der Waals surface area contributed by atoms with Gasteiger partial charge in [0.2, 0.25) is 0 Å². The molecule has 2 heterocycles. The van der Waals surface area contributed by atoms with E-state index in [1.807, 2.05) is 26.0 Å². The number of nitrogens with one attached hydrogen (secondary N) is 1. The molecule has 5 nitrogen and oxygen atoms in total. The molecule has 0 aliphatic rings. The Kier molecular flexibility index (Phi) is 3.46. The number of amides is 1. The normalized spacial score (nSPS) is 10.3. The lowest BCUT2D eigenvalue weighted by Crippen LogP contribution is -2.14. The molecule has 0 aliphatic heterocycles. The van der Waals surface area contributed by atoms with Crippen molar-refractivity contribution in [2.45, 2.75) is 20.8 Å². The van der Waals surface area contributed by atoms with E-state index in [0.29, 0.717) is 22.8 Å². The SMILES string of the molecule is Cc1cc(C(=O)Nc2ccc(C)nc2C)cc(N)n1. The third-order valence-corrected chi connectivity index (χ3v) is 2.71. The fraction of sp³-hybridized carbons (Fsp3) is 0.214. The highest BCUT2D eigenvalue weighted by molar-refractivity contribution is 6.04. The number of hydrogen-bond acceptors (Lipinski definition) is 4. The largest absolute Gasteiger partial charge is 0.384 e. The molecule has 0 fully saturated rings. The van der Waals surface area contributed by atoms with Crippen LogP contribution in [0, 0.1) is 20.8 Å². The zero-order chi connectivity index (χ0) is 14.0. The molecule has 0 aliphatic carbocycles. The first-order valence-corrected chi connectivity index (χ1v) is 5.95. The van der Waals surface area contributed by atoms with Gasteiger partial charge in [-0.3, -0.25) is 9.78 Å². The van der Waals surface area contributed by atoms with Crippen molar-refractivity contribution in [3.05, 3.63) is 46.9 Å². The van der Waals surface area contributed by atoms with E-state index in [2.05, 4.69) is 15.3 Å². The Hall–Kier alpha value is -2.43. The second-order valence-corrected chi connectivity index (χ2v) is 4.46. The Morgan fingerprint density at radius 1 is 1.11 bits per heavy atom.